The standard InChI is InChI=1S/C17H12ClN5O5S/c18-11-2-7-14(15(10-11)23(25)26)16(24)21-12-3-5-13(6-4-12)29(27,28)22-17-19-8-1-9-20-17/h1-10H,(H,21,24)(H,19,20,22). The summed E-state index contributed by atoms with van der Waals surface area (Å²) in [5.74, 6) is -0.820. The zero-order valence-electron chi connectivity index (χ0n) is 14.4. The Morgan fingerprint density at radius 2 is 1.72 bits per heavy atom. The molecule has 0 saturated carbocycles. The fourth-order valence-electron chi connectivity index (χ4n) is 2.29. The van der Waals surface area contributed by atoms with Crippen molar-refractivity contribution in [3.8, 4) is 0 Å². The average molecular weight is 434 g/mol. The summed E-state index contributed by atoms with van der Waals surface area (Å²) in [6, 6.07) is 10.4. The third-order valence-electron chi connectivity index (χ3n) is 3.62. The third-order valence-corrected chi connectivity index (χ3v) is 5.19. The third kappa shape index (κ3) is 4.83. The highest BCUT2D eigenvalue weighted by Crippen LogP contribution is 2.24. The first-order valence-electron chi connectivity index (χ1n) is 7.91. The van der Waals surface area contributed by atoms with Crippen LogP contribution in [0.25, 0.3) is 0 Å². The van der Waals surface area contributed by atoms with Crippen molar-refractivity contribution in [1.29, 1.82) is 0 Å². The molecule has 29 heavy (non-hydrogen) atoms. The molecule has 0 aliphatic carbocycles. The number of benzene rings is 2. The smallest absolute Gasteiger partial charge is 0.283 e. The molecular weight excluding hydrogens is 422 g/mol. The quantitative estimate of drug-likeness (QED) is 0.448. The molecular formula is C17H12ClN5O5S. The number of hydrogen-bond acceptors (Lipinski definition) is 7. The fraction of sp³-hybridized carbons (Fsp3) is 0. The predicted octanol–water partition coefficient (Wildman–Crippen LogP) is 3.09. The van der Waals surface area contributed by atoms with Crippen molar-refractivity contribution in [2.24, 2.45) is 0 Å². The number of carbonyl (C=O) groups is 1. The van der Waals surface area contributed by atoms with Gasteiger partial charge in [-0.2, -0.15) is 0 Å². The first-order chi connectivity index (χ1) is 13.8. The number of carbonyl (C=O) groups excluding carboxylic acids is 1. The van der Waals surface area contributed by atoms with E-state index in [1.807, 2.05) is 0 Å². The van der Waals surface area contributed by atoms with Crippen LogP contribution in [0.15, 0.2) is 65.8 Å². The summed E-state index contributed by atoms with van der Waals surface area (Å²) in [7, 11) is -3.93. The van der Waals surface area contributed by atoms with E-state index >= 15 is 0 Å². The molecule has 0 aliphatic heterocycles. The molecule has 12 heteroatoms. The van der Waals surface area contributed by atoms with Crippen molar-refractivity contribution in [3.63, 3.8) is 0 Å². The summed E-state index contributed by atoms with van der Waals surface area (Å²) in [6.07, 6.45) is 2.78. The number of nitro groups is 1. The van der Waals surface area contributed by atoms with Crippen molar-refractivity contribution in [3.05, 3.63) is 81.6 Å². The molecule has 2 aromatic carbocycles. The lowest BCUT2D eigenvalue weighted by Crippen LogP contribution is -2.16. The van der Waals surface area contributed by atoms with Gasteiger partial charge in [-0.15, -0.1) is 0 Å². The lowest BCUT2D eigenvalue weighted by atomic mass is 10.1. The molecule has 1 aromatic heterocycles. The summed E-state index contributed by atoms with van der Waals surface area (Å²) in [5.41, 5.74) is -0.380. The van der Waals surface area contributed by atoms with Crippen LogP contribution in [0, 0.1) is 10.1 Å². The average Bonchev–Trinajstić information content (AvgIpc) is 2.68. The predicted molar refractivity (Wildman–Crippen MR) is 105 cm³/mol. The van der Waals surface area contributed by atoms with Crippen LogP contribution in [-0.2, 0) is 10.0 Å². The lowest BCUT2D eigenvalue weighted by Gasteiger charge is -2.09. The van der Waals surface area contributed by atoms with Gasteiger partial charge in [0.1, 0.15) is 5.56 Å². The van der Waals surface area contributed by atoms with Crippen molar-refractivity contribution in [1.82, 2.24) is 9.97 Å². The zero-order valence-corrected chi connectivity index (χ0v) is 16.0. The topological polar surface area (TPSA) is 144 Å². The van der Waals surface area contributed by atoms with E-state index < -0.39 is 26.5 Å². The van der Waals surface area contributed by atoms with Gasteiger partial charge in [0.25, 0.3) is 21.6 Å². The molecule has 0 bridgehead atoms. The van der Waals surface area contributed by atoms with Crippen LogP contribution in [0.4, 0.5) is 17.3 Å². The normalized spacial score (nSPS) is 10.9. The molecule has 3 aromatic rings. The van der Waals surface area contributed by atoms with Crippen molar-refractivity contribution in [2.75, 3.05) is 10.0 Å². The molecule has 0 spiro atoms. The van der Waals surface area contributed by atoms with Gasteiger partial charge in [0.05, 0.1) is 9.82 Å². The summed E-state index contributed by atoms with van der Waals surface area (Å²) < 4.78 is 26.9. The number of nitrogens with one attached hydrogen (secondary N) is 2. The number of halogens is 1. The Morgan fingerprint density at radius 3 is 2.34 bits per heavy atom. The van der Waals surface area contributed by atoms with Crippen LogP contribution in [-0.4, -0.2) is 29.2 Å². The molecule has 1 amide bonds. The molecule has 0 aliphatic rings. The number of amides is 1. The lowest BCUT2D eigenvalue weighted by molar-refractivity contribution is -0.385. The van der Waals surface area contributed by atoms with Crippen LogP contribution in [0.2, 0.25) is 5.02 Å². The summed E-state index contributed by atoms with van der Waals surface area (Å²) >= 11 is 5.74. The Morgan fingerprint density at radius 1 is 1.07 bits per heavy atom. The Balaban J connectivity index is 1.77. The molecule has 3 rings (SSSR count). The van der Waals surface area contributed by atoms with Crippen LogP contribution in [0.1, 0.15) is 10.4 Å². The van der Waals surface area contributed by atoms with Gasteiger partial charge in [0.15, 0.2) is 0 Å². The van der Waals surface area contributed by atoms with Gasteiger partial charge in [-0.25, -0.2) is 23.1 Å². The molecule has 148 valence electrons. The minimum atomic E-state index is -3.93. The van der Waals surface area contributed by atoms with Crippen LogP contribution < -0.4 is 10.0 Å². The van der Waals surface area contributed by atoms with Gasteiger partial charge in [0, 0.05) is 29.2 Å². The van der Waals surface area contributed by atoms with Gasteiger partial charge in [-0.05, 0) is 42.5 Å². The first kappa shape index (κ1) is 20.2. The Labute approximate surface area is 169 Å². The van der Waals surface area contributed by atoms with E-state index in [2.05, 4.69) is 20.0 Å². The molecule has 0 radical (unpaired) electrons. The highest BCUT2D eigenvalue weighted by molar-refractivity contribution is 7.92. The largest absolute Gasteiger partial charge is 0.322 e. The van der Waals surface area contributed by atoms with Crippen LogP contribution in [0.5, 0.6) is 0 Å². The van der Waals surface area contributed by atoms with Gasteiger partial charge >= 0.3 is 0 Å². The summed E-state index contributed by atoms with van der Waals surface area (Å²) in [4.78, 5) is 30.3. The monoisotopic (exact) mass is 433 g/mol. The van der Waals surface area contributed by atoms with E-state index in [9.17, 15) is 23.3 Å². The number of hydrogen-bond donors (Lipinski definition) is 2. The maximum absolute atomic E-state index is 12.4. The van der Waals surface area contributed by atoms with E-state index in [1.165, 1.54) is 48.8 Å². The second-order valence-corrected chi connectivity index (χ2v) is 7.69. The van der Waals surface area contributed by atoms with Crippen molar-refractivity contribution >= 4 is 44.9 Å². The van der Waals surface area contributed by atoms with E-state index in [1.54, 1.807) is 6.07 Å². The van der Waals surface area contributed by atoms with Gasteiger partial charge < -0.3 is 5.32 Å². The fourth-order valence-corrected chi connectivity index (χ4v) is 3.42. The van der Waals surface area contributed by atoms with E-state index in [0.29, 0.717) is 0 Å². The Bertz CT molecular complexity index is 1170. The maximum atomic E-state index is 12.4. The highest BCUT2D eigenvalue weighted by atomic mass is 35.5. The van der Waals surface area contributed by atoms with Gasteiger partial charge in [-0.3, -0.25) is 14.9 Å². The van der Waals surface area contributed by atoms with Crippen LogP contribution in [0.3, 0.4) is 0 Å². The number of anilines is 2. The van der Waals surface area contributed by atoms with Crippen LogP contribution >= 0.6 is 11.6 Å². The first-order valence-corrected chi connectivity index (χ1v) is 9.77. The number of nitrogens with zero attached hydrogens (tertiary/aromatic N) is 3. The molecule has 0 saturated heterocycles. The molecule has 2 N–H and O–H groups in total. The SMILES string of the molecule is O=C(Nc1ccc(S(=O)(=O)Nc2ncccn2)cc1)c1ccc(Cl)cc1[N+](=O)[O-]. The van der Waals surface area contributed by atoms with Crippen molar-refractivity contribution in [2.45, 2.75) is 4.90 Å². The minimum Gasteiger partial charge on any atom is -0.322 e. The molecule has 1 heterocycles. The van der Waals surface area contributed by atoms with Crippen molar-refractivity contribution < 1.29 is 18.1 Å². The summed E-state index contributed by atoms with van der Waals surface area (Å²) in [5, 5.41) is 13.7. The molecule has 0 atom stereocenters. The van der Waals surface area contributed by atoms with Gasteiger partial charge in [0.2, 0.25) is 5.95 Å². The number of aromatic nitrogens is 2. The Hall–Kier alpha value is -3.57. The van der Waals surface area contributed by atoms with Gasteiger partial charge in [-0.1, -0.05) is 11.6 Å². The zero-order chi connectivity index (χ0) is 21.0. The highest BCUT2D eigenvalue weighted by Gasteiger charge is 2.21. The van der Waals surface area contributed by atoms with E-state index in [4.69, 9.17) is 11.6 Å². The minimum absolute atomic E-state index is 0.0829. The molecule has 0 fully saturated rings. The Kier molecular flexibility index (Phi) is 5.71. The molecule has 10 nitrogen and oxygen atoms in total. The van der Waals surface area contributed by atoms with E-state index in [-0.39, 0.29) is 27.1 Å². The molecule has 0 unspecified atom stereocenters. The second kappa shape index (κ2) is 8.20. The number of rotatable bonds is 6. The summed E-state index contributed by atoms with van der Waals surface area (Å²) in [6.45, 7) is 0. The second-order valence-electron chi connectivity index (χ2n) is 5.57. The number of nitro benzene ring substituents is 1. The maximum Gasteiger partial charge on any atom is 0.283 e. The van der Waals surface area contributed by atoms with E-state index in [0.717, 1.165) is 6.07 Å². The number of sulfonamides is 1.